The van der Waals surface area contributed by atoms with E-state index < -0.39 is 0 Å². The molecule has 8 heteroatoms. The molecule has 0 saturated heterocycles. The average molecular weight is 239 g/mol. The standard InChI is InChI=1S/C8H7ClN6O/c9-6-3-5(1-2-10-6)11-8(16)4-7-12-14-15-13-7/h1-3H,4H2,(H,10,11,16)(H,12,13,14,15). The highest BCUT2D eigenvalue weighted by Gasteiger charge is 2.07. The molecule has 0 saturated carbocycles. The van der Waals surface area contributed by atoms with Gasteiger partial charge in [0, 0.05) is 11.9 Å². The number of aromatic amines is 1. The largest absolute Gasteiger partial charge is 0.326 e. The smallest absolute Gasteiger partial charge is 0.232 e. The summed E-state index contributed by atoms with van der Waals surface area (Å²) in [5, 5.41) is 15.9. The lowest BCUT2D eigenvalue weighted by molar-refractivity contribution is -0.115. The van der Waals surface area contributed by atoms with Gasteiger partial charge in [-0.15, -0.1) is 10.2 Å². The predicted molar refractivity (Wildman–Crippen MR) is 55.8 cm³/mol. The summed E-state index contributed by atoms with van der Waals surface area (Å²) in [6.45, 7) is 0. The van der Waals surface area contributed by atoms with Gasteiger partial charge in [0.2, 0.25) is 5.91 Å². The van der Waals surface area contributed by atoms with Crippen molar-refractivity contribution in [3.63, 3.8) is 0 Å². The maximum Gasteiger partial charge on any atom is 0.232 e. The molecule has 2 N–H and O–H groups in total. The summed E-state index contributed by atoms with van der Waals surface area (Å²) in [6, 6.07) is 3.19. The predicted octanol–water partition coefficient (Wildman–Crippen LogP) is 0.429. The summed E-state index contributed by atoms with van der Waals surface area (Å²) in [5.41, 5.74) is 0.577. The molecule has 16 heavy (non-hydrogen) atoms. The number of hydrogen-bond acceptors (Lipinski definition) is 5. The van der Waals surface area contributed by atoms with Crippen molar-refractivity contribution in [1.29, 1.82) is 0 Å². The number of tetrazole rings is 1. The van der Waals surface area contributed by atoms with Crippen LogP contribution in [0.5, 0.6) is 0 Å². The normalized spacial score (nSPS) is 10.1. The second-order valence-corrected chi connectivity index (χ2v) is 3.31. The monoisotopic (exact) mass is 238 g/mol. The van der Waals surface area contributed by atoms with Crippen molar-refractivity contribution in [2.45, 2.75) is 6.42 Å². The third-order valence-electron chi connectivity index (χ3n) is 1.72. The number of pyridine rings is 1. The van der Waals surface area contributed by atoms with Crippen molar-refractivity contribution in [2.24, 2.45) is 0 Å². The molecule has 0 spiro atoms. The van der Waals surface area contributed by atoms with E-state index in [9.17, 15) is 4.79 Å². The van der Waals surface area contributed by atoms with E-state index in [2.05, 4.69) is 30.9 Å². The molecule has 2 heterocycles. The van der Waals surface area contributed by atoms with E-state index in [4.69, 9.17) is 11.6 Å². The lowest BCUT2D eigenvalue weighted by Gasteiger charge is -2.02. The molecule has 0 atom stereocenters. The molecule has 2 aromatic heterocycles. The first-order valence-electron chi connectivity index (χ1n) is 4.38. The fourth-order valence-corrected chi connectivity index (χ4v) is 1.26. The minimum absolute atomic E-state index is 0.0520. The Bertz CT molecular complexity index is 485. The lowest BCUT2D eigenvalue weighted by Crippen LogP contribution is -2.15. The van der Waals surface area contributed by atoms with E-state index in [0.29, 0.717) is 16.7 Å². The molecule has 0 fully saturated rings. The number of nitrogens with one attached hydrogen (secondary N) is 2. The Hall–Kier alpha value is -2.02. The molecule has 82 valence electrons. The SMILES string of the molecule is O=C(Cc1nn[nH]n1)Nc1ccnc(Cl)c1. The van der Waals surface area contributed by atoms with Gasteiger partial charge >= 0.3 is 0 Å². The van der Waals surface area contributed by atoms with Crippen molar-refractivity contribution in [3.05, 3.63) is 29.3 Å². The molecular weight excluding hydrogens is 232 g/mol. The Kier molecular flexibility index (Phi) is 3.06. The van der Waals surface area contributed by atoms with Gasteiger partial charge in [-0.2, -0.15) is 5.21 Å². The first-order chi connectivity index (χ1) is 7.74. The summed E-state index contributed by atoms with van der Waals surface area (Å²) in [6.07, 6.45) is 1.56. The van der Waals surface area contributed by atoms with Gasteiger partial charge in [-0.1, -0.05) is 16.8 Å². The molecule has 0 unspecified atom stereocenters. The summed E-state index contributed by atoms with van der Waals surface area (Å²) in [4.78, 5) is 15.3. The minimum atomic E-state index is -0.247. The Morgan fingerprint density at radius 1 is 1.56 bits per heavy atom. The average Bonchev–Trinajstić information content (AvgIpc) is 2.70. The number of carbonyl (C=O) groups excluding carboxylic acids is 1. The Balaban J connectivity index is 1.97. The number of H-pyrrole nitrogens is 1. The van der Waals surface area contributed by atoms with Crippen molar-refractivity contribution in [2.75, 3.05) is 5.32 Å². The van der Waals surface area contributed by atoms with Gasteiger partial charge in [-0.3, -0.25) is 4.79 Å². The van der Waals surface area contributed by atoms with Crippen molar-refractivity contribution >= 4 is 23.2 Å². The zero-order valence-corrected chi connectivity index (χ0v) is 8.77. The van der Waals surface area contributed by atoms with Gasteiger partial charge in [0.1, 0.15) is 5.15 Å². The van der Waals surface area contributed by atoms with Crippen molar-refractivity contribution < 1.29 is 4.79 Å². The van der Waals surface area contributed by atoms with E-state index in [1.807, 2.05) is 0 Å². The highest BCUT2D eigenvalue weighted by Crippen LogP contribution is 2.11. The number of aromatic nitrogens is 5. The number of nitrogens with zero attached hydrogens (tertiary/aromatic N) is 4. The molecule has 2 aromatic rings. The van der Waals surface area contributed by atoms with Gasteiger partial charge in [0.25, 0.3) is 0 Å². The Morgan fingerprint density at radius 2 is 2.44 bits per heavy atom. The quantitative estimate of drug-likeness (QED) is 0.756. The van der Waals surface area contributed by atoms with Gasteiger partial charge < -0.3 is 5.32 Å². The maximum atomic E-state index is 11.5. The van der Waals surface area contributed by atoms with Crippen LogP contribution in [0.4, 0.5) is 5.69 Å². The van der Waals surface area contributed by atoms with Crippen LogP contribution in [0.3, 0.4) is 0 Å². The zero-order chi connectivity index (χ0) is 11.4. The van der Waals surface area contributed by atoms with Crippen LogP contribution < -0.4 is 5.32 Å². The van der Waals surface area contributed by atoms with E-state index >= 15 is 0 Å². The van der Waals surface area contributed by atoms with E-state index in [1.165, 1.54) is 6.20 Å². The van der Waals surface area contributed by atoms with Crippen LogP contribution in [0, 0.1) is 0 Å². The van der Waals surface area contributed by atoms with Crippen molar-refractivity contribution in [1.82, 2.24) is 25.6 Å². The lowest BCUT2D eigenvalue weighted by atomic mass is 10.3. The van der Waals surface area contributed by atoms with Crippen LogP contribution in [0.2, 0.25) is 5.15 Å². The molecule has 1 amide bonds. The van der Waals surface area contributed by atoms with Gasteiger partial charge in [0.15, 0.2) is 5.82 Å². The van der Waals surface area contributed by atoms with Crippen molar-refractivity contribution in [3.8, 4) is 0 Å². The zero-order valence-electron chi connectivity index (χ0n) is 8.01. The molecule has 7 nitrogen and oxygen atoms in total. The maximum absolute atomic E-state index is 11.5. The summed E-state index contributed by atoms with van der Waals surface area (Å²) in [5.74, 6) is 0.0846. The van der Waals surface area contributed by atoms with Crippen LogP contribution in [-0.4, -0.2) is 31.5 Å². The molecule has 0 aliphatic rings. The summed E-state index contributed by atoms with van der Waals surface area (Å²) < 4.78 is 0. The van der Waals surface area contributed by atoms with Crippen LogP contribution in [0.25, 0.3) is 0 Å². The number of anilines is 1. The number of rotatable bonds is 3. The van der Waals surface area contributed by atoms with E-state index in [0.717, 1.165) is 0 Å². The fourth-order valence-electron chi connectivity index (χ4n) is 1.09. The van der Waals surface area contributed by atoms with Crippen LogP contribution >= 0.6 is 11.6 Å². The van der Waals surface area contributed by atoms with E-state index in [1.54, 1.807) is 12.1 Å². The number of carbonyl (C=O) groups is 1. The second kappa shape index (κ2) is 4.67. The molecule has 0 aliphatic carbocycles. The molecule has 0 bridgehead atoms. The Labute approximate surface area is 95.2 Å². The third kappa shape index (κ3) is 2.74. The second-order valence-electron chi connectivity index (χ2n) is 2.92. The fraction of sp³-hybridized carbons (Fsp3) is 0.125. The highest BCUT2D eigenvalue weighted by molar-refractivity contribution is 6.29. The van der Waals surface area contributed by atoms with Crippen LogP contribution in [0.15, 0.2) is 18.3 Å². The molecule has 0 aromatic carbocycles. The van der Waals surface area contributed by atoms with Crippen LogP contribution in [0.1, 0.15) is 5.82 Å². The van der Waals surface area contributed by atoms with Gasteiger partial charge in [-0.05, 0) is 12.1 Å². The van der Waals surface area contributed by atoms with E-state index in [-0.39, 0.29) is 12.3 Å². The minimum Gasteiger partial charge on any atom is -0.326 e. The first-order valence-corrected chi connectivity index (χ1v) is 4.75. The van der Waals surface area contributed by atoms with Crippen LogP contribution in [-0.2, 0) is 11.2 Å². The summed E-state index contributed by atoms with van der Waals surface area (Å²) in [7, 11) is 0. The molecular formula is C8H7ClN6O. The number of hydrogen-bond donors (Lipinski definition) is 2. The topological polar surface area (TPSA) is 96.5 Å². The molecule has 0 aliphatic heterocycles. The summed E-state index contributed by atoms with van der Waals surface area (Å²) >= 11 is 5.67. The Morgan fingerprint density at radius 3 is 3.12 bits per heavy atom. The highest BCUT2D eigenvalue weighted by atomic mass is 35.5. The number of halogens is 1. The molecule has 0 radical (unpaired) electrons. The first kappa shape index (κ1) is 10.5. The third-order valence-corrected chi connectivity index (χ3v) is 1.92. The molecule has 2 rings (SSSR count). The number of amides is 1. The van der Waals surface area contributed by atoms with Gasteiger partial charge in [0.05, 0.1) is 6.42 Å². The van der Waals surface area contributed by atoms with Gasteiger partial charge in [-0.25, -0.2) is 4.98 Å².